The van der Waals surface area contributed by atoms with Crippen molar-refractivity contribution in [2.45, 2.75) is 44.1 Å². The van der Waals surface area contributed by atoms with Gasteiger partial charge in [0.05, 0.1) is 0 Å². The Kier molecular flexibility index (Phi) is 5.49. The van der Waals surface area contributed by atoms with E-state index in [-0.39, 0.29) is 5.60 Å². The van der Waals surface area contributed by atoms with E-state index < -0.39 is 0 Å². The summed E-state index contributed by atoms with van der Waals surface area (Å²) in [5.41, 5.74) is 2.68. The molecule has 0 saturated carbocycles. The lowest BCUT2D eigenvalue weighted by Crippen LogP contribution is -2.39. The predicted octanol–water partition coefficient (Wildman–Crippen LogP) is 5.07. The van der Waals surface area contributed by atoms with Crippen molar-refractivity contribution in [3.05, 3.63) is 73.4 Å². The molecular formula is C21H26O2. The molecule has 0 unspecified atom stereocenters. The van der Waals surface area contributed by atoms with Crippen LogP contribution < -0.4 is 4.74 Å². The summed E-state index contributed by atoms with van der Waals surface area (Å²) in [5.74, 6) is 1.22. The van der Waals surface area contributed by atoms with Gasteiger partial charge in [-0.15, -0.1) is 26.3 Å². The van der Waals surface area contributed by atoms with E-state index in [4.69, 9.17) is 4.74 Å². The van der Waals surface area contributed by atoms with Gasteiger partial charge in [-0.05, 0) is 37.3 Å². The zero-order chi connectivity index (χ0) is 16.9. The molecule has 0 bridgehead atoms. The van der Waals surface area contributed by atoms with Crippen LogP contribution in [0, 0.1) is 0 Å². The van der Waals surface area contributed by atoms with Crippen LogP contribution in [0.3, 0.4) is 0 Å². The second-order valence-electron chi connectivity index (χ2n) is 6.10. The molecule has 1 aliphatic rings. The Balaban J connectivity index is 2.56. The summed E-state index contributed by atoms with van der Waals surface area (Å²) < 4.78 is 6.49. The zero-order valence-electron chi connectivity index (χ0n) is 13.8. The van der Waals surface area contributed by atoms with E-state index in [0.717, 1.165) is 48.1 Å². The van der Waals surface area contributed by atoms with Crippen molar-refractivity contribution in [1.29, 1.82) is 0 Å². The summed E-state index contributed by atoms with van der Waals surface area (Å²) in [6.45, 7) is 15.4. The number of fused-ring (bicyclic) bond motifs is 1. The van der Waals surface area contributed by atoms with Gasteiger partial charge < -0.3 is 9.84 Å². The number of phenols is 1. The smallest absolute Gasteiger partial charge is 0.127 e. The third kappa shape index (κ3) is 3.42. The van der Waals surface area contributed by atoms with Crippen molar-refractivity contribution in [3.8, 4) is 11.5 Å². The third-order valence-corrected chi connectivity index (χ3v) is 4.45. The molecule has 1 heterocycles. The molecule has 1 aromatic rings. The number of allylic oxidation sites excluding steroid dienone is 2. The Morgan fingerprint density at radius 2 is 1.61 bits per heavy atom. The van der Waals surface area contributed by atoms with Crippen molar-refractivity contribution in [2.24, 2.45) is 0 Å². The maximum atomic E-state index is 10.4. The molecule has 0 amide bonds. The molecule has 1 N–H and O–H groups in total. The second-order valence-corrected chi connectivity index (χ2v) is 6.10. The predicted molar refractivity (Wildman–Crippen MR) is 97.2 cm³/mol. The molecule has 0 fully saturated rings. The molecule has 122 valence electrons. The van der Waals surface area contributed by atoms with Gasteiger partial charge in [-0.1, -0.05) is 24.3 Å². The highest BCUT2D eigenvalue weighted by Gasteiger charge is 2.36. The Morgan fingerprint density at radius 1 is 1.00 bits per heavy atom. The van der Waals surface area contributed by atoms with E-state index in [1.807, 2.05) is 24.3 Å². The highest BCUT2D eigenvalue weighted by molar-refractivity contribution is 5.55. The van der Waals surface area contributed by atoms with Gasteiger partial charge in [0.2, 0.25) is 0 Å². The molecule has 0 aliphatic carbocycles. The van der Waals surface area contributed by atoms with Crippen LogP contribution in [-0.4, -0.2) is 10.7 Å². The van der Waals surface area contributed by atoms with Gasteiger partial charge in [0.15, 0.2) is 0 Å². The van der Waals surface area contributed by atoms with E-state index in [2.05, 4.69) is 26.3 Å². The van der Waals surface area contributed by atoms with Gasteiger partial charge in [0.25, 0.3) is 0 Å². The van der Waals surface area contributed by atoms with E-state index in [1.165, 1.54) is 0 Å². The number of aromatic hydroxyl groups is 1. The largest absolute Gasteiger partial charge is 0.508 e. The summed E-state index contributed by atoms with van der Waals surface area (Å²) >= 11 is 0. The minimum absolute atomic E-state index is 0.283. The molecule has 1 aromatic carbocycles. The van der Waals surface area contributed by atoms with Gasteiger partial charge in [0, 0.05) is 24.0 Å². The van der Waals surface area contributed by atoms with Crippen molar-refractivity contribution in [3.63, 3.8) is 0 Å². The van der Waals surface area contributed by atoms with Gasteiger partial charge in [-0.3, -0.25) is 0 Å². The molecule has 2 heteroatoms. The van der Waals surface area contributed by atoms with Crippen LogP contribution in [0.5, 0.6) is 11.5 Å². The van der Waals surface area contributed by atoms with E-state index in [9.17, 15) is 5.11 Å². The summed E-state index contributed by atoms with van der Waals surface area (Å²) in [5, 5.41) is 10.4. The molecule has 23 heavy (non-hydrogen) atoms. The lowest BCUT2D eigenvalue weighted by atomic mass is 9.83. The first-order valence-corrected chi connectivity index (χ1v) is 8.10. The highest BCUT2D eigenvalue weighted by Crippen LogP contribution is 2.44. The van der Waals surface area contributed by atoms with Crippen LogP contribution in [0.25, 0.3) is 0 Å². The molecule has 2 rings (SSSR count). The molecule has 0 saturated heterocycles. The minimum Gasteiger partial charge on any atom is -0.508 e. The number of aryl methyl sites for hydroxylation is 1. The molecule has 0 atom stereocenters. The number of hydrogen-bond donors (Lipinski definition) is 1. The summed E-state index contributed by atoms with van der Waals surface area (Å²) in [6, 6.07) is 1.84. The average Bonchev–Trinajstić information content (AvgIpc) is 2.52. The van der Waals surface area contributed by atoms with Crippen LogP contribution in [0.1, 0.15) is 36.0 Å². The maximum absolute atomic E-state index is 10.4. The number of hydrogen-bond acceptors (Lipinski definition) is 2. The first kappa shape index (κ1) is 17.1. The quantitative estimate of drug-likeness (QED) is 0.680. The molecule has 0 aromatic heterocycles. The molecule has 0 spiro atoms. The minimum atomic E-state index is -0.283. The van der Waals surface area contributed by atoms with E-state index >= 15 is 0 Å². The van der Waals surface area contributed by atoms with Crippen LogP contribution in [0.15, 0.2) is 56.7 Å². The number of phenolic OH excluding ortho intramolecular Hbond substituents is 1. The average molecular weight is 310 g/mol. The summed E-state index contributed by atoms with van der Waals surface area (Å²) in [4.78, 5) is 0. The van der Waals surface area contributed by atoms with Crippen molar-refractivity contribution >= 4 is 0 Å². The summed E-state index contributed by atoms with van der Waals surface area (Å²) in [7, 11) is 0. The Morgan fingerprint density at radius 3 is 2.17 bits per heavy atom. The van der Waals surface area contributed by atoms with E-state index in [1.54, 1.807) is 6.08 Å². The standard InChI is InChI=1S/C21H26O2/c1-5-9-17-18(10-6-2)20-16(15-19(17)22)11-14-21(23-20,12-7-3)13-8-4/h5-8,15,22H,1-4,9-14H2. The fourth-order valence-corrected chi connectivity index (χ4v) is 3.38. The van der Waals surface area contributed by atoms with Gasteiger partial charge in [0.1, 0.15) is 17.1 Å². The Bertz CT molecular complexity index is 615. The fraction of sp³-hybridized carbons (Fsp3) is 0.333. The maximum Gasteiger partial charge on any atom is 0.127 e. The topological polar surface area (TPSA) is 29.5 Å². The lowest BCUT2D eigenvalue weighted by molar-refractivity contribution is 0.0506. The Hall–Kier alpha value is -2.22. The van der Waals surface area contributed by atoms with Crippen LogP contribution in [0.4, 0.5) is 0 Å². The molecular weight excluding hydrogens is 284 g/mol. The van der Waals surface area contributed by atoms with Crippen molar-refractivity contribution < 1.29 is 9.84 Å². The normalized spacial score (nSPS) is 15.1. The monoisotopic (exact) mass is 310 g/mol. The van der Waals surface area contributed by atoms with Crippen molar-refractivity contribution in [2.75, 3.05) is 0 Å². The summed E-state index contributed by atoms with van der Waals surface area (Å²) in [6.07, 6.45) is 12.1. The third-order valence-electron chi connectivity index (χ3n) is 4.45. The first-order chi connectivity index (χ1) is 11.1. The molecule has 2 nitrogen and oxygen atoms in total. The van der Waals surface area contributed by atoms with Crippen LogP contribution in [0.2, 0.25) is 0 Å². The van der Waals surface area contributed by atoms with Crippen molar-refractivity contribution in [1.82, 2.24) is 0 Å². The van der Waals surface area contributed by atoms with Gasteiger partial charge in [-0.25, -0.2) is 0 Å². The molecule has 0 radical (unpaired) electrons. The van der Waals surface area contributed by atoms with Crippen LogP contribution in [-0.2, 0) is 19.3 Å². The number of rotatable bonds is 8. The van der Waals surface area contributed by atoms with Crippen LogP contribution >= 0.6 is 0 Å². The first-order valence-electron chi connectivity index (χ1n) is 8.10. The Labute approximate surface area is 139 Å². The number of ether oxygens (including phenoxy) is 1. The van der Waals surface area contributed by atoms with Gasteiger partial charge >= 0.3 is 0 Å². The van der Waals surface area contributed by atoms with E-state index in [0.29, 0.717) is 18.6 Å². The highest BCUT2D eigenvalue weighted by atomic mass is 16.5. The second kappa shape index (κ2) is 7.36. The fourth-order valence-electron chi connectivity index (χ4n) is 3.38. The SMILES string of the molecule is C=CCc1c(O)cc2c(c1CC=C)OC(CC=C)(CC=C)CC2. The van der Waals surface area contributed by atoms with Gasteiger partial charge in [-0.2, -0.15) is 0 Å². The molecule has 1 aliphatic heterocycles. The zero-order valence-corrected chi connectivity index (χ0v) is 13.8. The lowest BCUT2D eigenvalue weighted by Gasteiger charge is -2.39. The number of benzene rings is 1.